The summed E-state index contributed by atoms with van der Waals surface area (Å²) >= 11 is 0. The van der Waals surface area contributed by atoms with Gasteiger partial charge in [0.2, 0.25) is 0 Å². The van der Waals surface area contributed by atoms with Crippen LogP contribution in [0.5, 0.6) is 0 Å². The topological polar surface area (TPSA) is 47.9 Å². The van der Waals surface area contributed by atoms with Crippen molar-refractivity contribution in [3.63, 3.8) is 0 Å². The Morgan fingerprint density at radius 3 is 1.95 bits per heavy atom. The van der Waals surface area contributed by atoms with Crippen LogP contribution in [0.3, 0.4) is 0 Å². The summed E-state index contributed by atoms with van der Waals surface area (Å²) in [4.78, 5) is 0. The summed E-state index contributed by atoms with van der Waals surface area (Å²) in [6.07, 6.45) is 6.01. The van der Waals surface area contributed by atoms with Gasteiger partial charge in [0, 0.05) is 6.61 Å². The molecule has 0 aromatic heterocycles. The summed E-state index contributed by atoms with van der Waals surface area (Å²) in [5.74, 6) is 0. The van der Waals surface area contributed by atoms with Gasteiger partial charge < -0.3 is 19.0 Å². The van der Waals surface area contributed by atoms with Gasteiger partial charge in [0.25, 0.3) is 8.32 Å². The summed E-state index contributed by atoms with van der Waals surface area (Å²) in [5.41, 5.74) is 1.14. The highest BCUT2D eigenvalue weighted by Gasteiger charge is 2.50. The Kier molecular flexibility index (Phi) is 10.9. The monoisotopic (exact) mass is 558 g/mol. The molecule has 3 aromatic carbocycles. The highest BCUT2D eigenvalue weighted by Crippen LogP contribution is 2.37. The molecule has 40 heavy (non-hydrogen) atoms. The first-order valence-electron chi connectivity index (χ1n) is 14.7. The first-order chi connectivity index (χ1) is 19.3. The van der Waals surface area contributed by atoms with Crippen LogP contribution < -0.4 is 10.4 Å². The van der Waals surface area contributed by atoms with Crippen LogP contribution >= 0.6 is 0 Å². The van der Waals surface area contributed by atoms with E-state index in [1.54, 1.807) is 0 Å². The van der Waals surface area contributed by atoms with Crippen LogP contribution in [0.1, 0.15) is 58.9 Å². The van der Waals surface area contributed by atoms with Crippen molar-refractivity contribution in [1.82, 2.24) is 0 Å². The zero-order valence-corrected chi connectivity index (χ0v) is 25.5. The van der Waals surface area contributed by atoms with E-state index in [1.165, 1.54) is 10.4 Å². The molecule has 0 aliphatic carbocycles. The maximum absolute atomic E-state index is 10.7. The van der Waals surface area contributed by atoms with E-state index in [4.69, 9.17) is 13.9 Å². The number of hydrogen-bond acceptors (Lipinski definition) is 4. The third kappa shape index (κ3) is 7.39. The molecule has 0 unspecified atom stereocenters. The van der Waals surface area contributed by atoms with Crippen molar-refractivity contribution in [3.05, 3.63) is 109 Å². The lowest BCUT2D eigenvalue weighted by Gasteiger charge is -2.43. The number of aliphatic hydroxyl groups excluding tert-OH is 1. The average molecular weight is 559 g/mol. The number of ether oxygens (including phenoxy) is 2. The molecule has 0 radical (unpaired) electrons. The van der Waals surface area contributed by atoms with Gasteiger partial charge in [-0.1, -0.05) is 131 Å². The molecule has 1 aliphatic rings. The highest BCUT2D eigenvalue weighted by atomic mass is 28.4. The summed E-state index contributed by atoms with van der Waals surface area (Å²) in [5, 5.41) is 13.2. The number of hydrogen-bond donors (Lipinski definition) is 1. The molecule has 0 fully saturated rings. The first kappa shape index (κ1) is 30.4. The molecular weight excluding hydrogens is 512 g/mol. The molecule has 3 aromatic rings. The molecule has 1 aliphatic heterocycles. The smallest absolute Gasteiger partial charge is 0.261 e. The predicted octanol–water partition coefficient (Wildman–Crippen LogP) is 6.41. The van der Waals surface area contributed by atoms with Crippen LogP contribution in [-0.2, 0) is 20.5 Å². The molecule has 0 saturated carbocycles. The number of aliphatic hydroxyl groups is 1. The fourth-order valence-electron chi connectivity index (χ4n) is 5.79. The van der Waals surface area contributed by atoms with Crippen molar-refractivity contribution >= 4 is 18.7 Å². The Hall–Kier alpha value is -2.54. The van der Waals surface area contributed by atoms with Crippen LogP contribution in [-0.4, -0.2) is 44.4 Å². The van der Waals surface area contributed by atoms with Crippen molar-refractivity contribution in [1.29, 1.82) is 0 Å². The van der Waals surface area contributed by atoms with Gasteiger partial charge in [0.15, 0.2) is 0 Å². The Morgan fingerprint density at radius 2 is 1.40 bits per heavy atom. The summed E-state index contributed by atoms with van der Waals surface area (Å²) in [6.45, 7) is 9.97. The van der Waals surface area contributed by atoms with E-state index in [2.05, 4.69) is 106 Å². The standard InChI is InChI=1S/C35H46O4Si/c1-5-31(36)32-23-15-16-24-33(37-27-28-17-9-6-10-18-28)34(39-32)25-26-38-40(35(2,3)4,29-19-11-7-12-20-29)30-21-13-8-14-22-30/h6-22,31-34,36H,5,23-27H2,1-4H3/b16-15-/t31-,32-,33+,34+/m1/s1. The maximum atomic E-state index is 10.7. The molecule has 4 nitrogen and oxygen atoms in total. The Morgan fingerprint density at radius 1 is 0.850 bits per heavy atom. The lowest BCUT2D eigenvalue weighted by molar-refractivity contribution is -0.140. The maximum Gasteiger partial charge on any atom is 0.261 e. The van der Waals surface area contributed by atoms with Crippen molar-refractivity contribution in [2.45, 2.75) is 89.4 Å². The summed E-state index contributed by atoms with van der Waals surface area (Å²) in [7, 11) is -2.65. The number of benzene rings is 3. The van der Waals surface area contributed by atoms with E-state index in [9.17, 15) is 5.11 Å². The molecule has 4 atom stereocenters. The van der Waals surface area contributed by atoms with Crippen LogP contribution in [0.15, 0.2) is 103 Å². The average Bonchev–Trinajstić information content (AvgIpc) is 2.96. The third-order valence-corrected chi connectivity index (χ3v) is 13.0. The van der Waals surface area contributed by atoms with Crippen molar-refractivity contribution in [2.75, 3.05) is 6.61 Å². The SMILES string of the molecule is CC[C@@H](O)[C@H]1C/C=C\C[C@H](OCc2ccccc2)[C@H](CCO[Si](c2ccccc2)(c2ccccc2)C(C)(C)C)O1. The summed E-state index contributed by atoms with van der Waals surface area (Å²) in [6, 6.07) is 31.8. The molecule has 0 spiro atoms. The van der Waals surface area contributed by atoms with Crippen molar-refractivity contribution in [3.8, 4) is 0 Å². The fraction of sp³-hybridized carbons (Fsp3) is 0.429. The Balaban J connectivity index is 1.60. The summed E-state index contributed by atoms with van der Waals surface area (Å²) < 4.78 is 20.4. The van der Waals surface area contributed by atoms with Gasteiger partial charge in [-0.15, -0.1) is 0 Å². The minimum absolute atomic E-state index is 0.0929. The molecule has 1 N–H and O–H groups in total. The van der Waals surface area contributed by atoms with E-state index in [-0.39, 0.29) is 23.4 Å². The van der Waals surface area contributed by atoms with E-state index >= 15 is 0 Å². The molecule has 0 saturated heterocycles. The van der Waals surface area contributed by atoms with Crippen LogP contribution in [0.2, 0.25) is 5.04 Å². The molecule has 4 rings (SSSR count). The molecular formula is C35H46O4Si. The quantitative estimate of drug-likeness (QED) is 0.218. The molecule has 5 heteroatoms. The lowest BCUT2D eigenvalue weighted by Crippen LogP contribution is -2.66. The number of rotatable bonds is 11. The van der Waals surface area contributed by atoms with Crippen LogP contribution in [0, 0.1) is 0 Å². The minimum Gasteiger partial charge on any atom is -0.407 e. The van der Waals surface area contributed by atoms with E-state index in [0.717, 1.165) is 12.0 Å². The van der Waals surface area contributed by atoms with Gasteiger partial charge in [-0.2, -0.15) is 0 Å². The van der Waals surface area contributed by atoms with Crippen LogP contribution in [0.25, 0.3) is 0 Å². The van der Waals surface area contributed by atoms with Gasteiger partial charge in [-0.25, -0.2) is 0 Å². The highest BCUT2D eigenvalue weighted by molar-refractivity contribution is 6.99. The van der Waals surface area contributed by atoms with Gasteiger partial charge in [0.05, 0.1) is 31.0 Å². The second-order valence-electron chi connectivity index (χ2n) is 11.8. The lowest BCUT2D eigenvalue weighted by atomic mass is 10.0. The zero-order chi connectivity index (χ0) is 28.4. The van der Waals surface area contributed by atoms with E-state index < -0.39 is 14.4 Å². The third-order valence-electron chi connectivity index (χ3n) is 7.96. The van der Waals surface area contributed by atoms with E-state index in [1.807, 2.05) is 25.1 Å². The Bertz CT molecular complexity index is 1120. The zero-order valence-electron chi connectivity index (χ0n) is 24.5. The predicted molar refractivity (Wildman–Crippen MR) is 167 cm³/mol. The second kappa shape index (κ2) is 14.4. The van der Waals surface area contributed by atoms with Gasteiger partial charge in [-0.05, 0) is 46.7 Å². The largest absolute Gasteiger partial charge is 0.407 e. The molecule has 0 amide bonds. The van der Waals surface area contributed by atoms with E-state index in [0.29, 0.717) is 32.5 Å². The second-order valence-corrected chi connectivity index (χ2v) is 16.1. The fourth-order valence-corrected chi connectivity index (χ4v) is 10.4. The van der Waals surface area contributed by atoms with Crippen molar-refractivity contribution < 1.29 is 19.0 Å². The van der Waals surface area contributed by atoms with Gasteiger partial charge in [-0.3, -0.25) is 0 Å². The Labute approximate surface area is 242 Å². The van der Waals surface area contributed by atoms with Crippen molar-refractivity contribution in [2.24, 2.45) is 0 Å². The van der Waals surface area contributed by atoms with Gasteiger partial charge in [0.1, 0.15) is 0 Å². The molecule has 1 heterocycles. The van der Waals surface area contributed by atoms with Crippen LogP contribution in [0.4, 0.5) is 0 Å². The normalized spacial score (nSPS) is 21.8. The molecule has 214 valence electrons. The molecule has 0 bridgehead atoms. The first-order valence-corrected chi connectivity index (χ1v) is 16.6. The van der Waals surface area contributed by atoms with Gasteiger partial charge >= 0.3 is 0 Å². The minimum atomic E-state index is -2.65.